The number of carbonyl (C=O) groups is 1. The molecule has 0 atom stereocenters. The number of hydrogen-bond acceptors (Lipinski definition) is 4. The Bertz CT molecular complexity index is 683. The fourth-order valence-electron chi connectivity index (χ4n) is 1.92. The number of carbonyl (C=O) groups excluding carboxylic acids is 1. The average molecular weight is 417 g/mol. The Labute approximate surface area is 139 Å². The molecule has 0 bridgehead atoms. The first-order valence-corrected chi connectivity index (χ1v) is 7.96. The van der Waals surface area contributed by atoms with Crippen molar-refractivity contribution in [2.45, 2.75) is 27.0 Å². The number of hydrogen-bond donors (Lipinski definition) is 1. The number of esters is 1. The molecule has 1 aromatic heterocycles. The van der Waals surface area contributed by atoms with Gasteiger partial charge in [0.1, 0.15) is 6.61 Å². The normalized spacial score (nSPS) is 10.7. The molecule has 0 saturated carbocycles. The summed E-state index contributed by atoms with van der Waals surface area (Å²) in [6.07, 6.45) is 0. The smallest absolute Gasteiger partial charge is 0.339 e. The largest absolute Gasteiger partial charge is 0.456 e. The van der Waals surface area contributed by atoms with E-state index in [1.807, 2.05) is 13.8 Å². The number of halogens is 2. The Kier molecular flexibility index (Phi) is 5.05. The van der Waals surface area contributed by atoms with Gasteiger partial charge in [-0.1, -0.05) is 0 Å². The third-order valence-corrected chi connectivity index (χ3v) is 4.73. The van der Waals surface area contributed by atoms with Crippen molar-refractivity contribution in [3.8, 4) is 0 Å². The molecule has 0 spiro atoms. The molecule has 2 aromatic rings. The number of nitrogens with zero attached hydrogens (tertiary/aromatic N) is 2. The van der Waals surface area contributed by atoms with Gasteiger partial charge in [0.05, 0.1) is 21.4 Å². The predicted octanol–water partition coefficient (Wildman–Crippen LogP) is 3.68. The summed E-state index contributed by atoms with van der Waals surface area (Å²) >= 11 is 6.79. The number of aryl methyl sites for hydroxylation is 2. The summed E-state index contributed by atoms with van der Waals surface area (Å²) in [4.78, 5) is 12.2. The summed E-state index contributed by atoms with van der Waals surface area (Å²) in [5.41, 5.74) is 8.32. The van der Waals surface area contributed by atoms with Gasteiger partial charge in [-0.2, -0.15) is 5.10 Å². The first-order valence-electron chi connectivity index (χ1n) is 6.38. The fraction of sp³-hybridized carbons (Fsp3) is 0.286. The van der Waals surface area contributed by atoms with Crippen LogP contribution in [0.3, 0.4) is 0 Å². The number of benzene rings is 1. The molecule has 2 N–H and O–H groups in total. The second-order valence-corrected chi connectivity index (χ2v) is 6.12. The minimum absolute atomic E-state index is 0.148. The van der Waals surface area contributed by atoms with Crippen LogP contribution in [0.2, 0.25) is 0 Å². The summed E-state index contributed by atoms with van der Waals surface area (Å²) in [6, 6.07) is 5.03. The van der Waals surface area contributed by atoms with Gasteiger partial charge >= 0.3 is 5.97 Å². The zero-order valence-corrected chi connectivity index (χ0v) is 14.9. The summed E-state index contributed by atoms with van der Waals surface area (Å²) in [5, 5.41) is 4.36. The number of anilines is 1. The van der Waals surface area contributed by atoms with Crippen molar-refractivity contribution >= 4 is 43.5 Å². The topological polar surface area (TPSA) is 70.1 Å². The summed E-state index contributed by atoms with van der Waals surface area (Å²) in [6.45, 7) is 4.74. The van der Waals surface area contributed by atoms with E-state index in [4.69, 9.17) is 10.5 Å². The quantitative estimate of drug-likeness (QED) is 0.609. The molecule has 0 aliphatic rings. The van der Waals surface area contributed by atoms with Crippen LogP contribution in [0.5, 0.6) is 0 Å². The van der Waals surface area contributed by atoms with Crippen LogP contribution in [0.4, 0.5) is 5.69 Å². The first-order chi connectivity index (χ1) is 9.93. The highest BCUT2D eigenvalue weighted by molar-refractivity contribution is 9.10. The van der Waals surface area contributed by atoms with Gasteiger partial charge < -0.3 is 10.5 Å². The minimum Gasteiger partial charge on any atom is -0.456 e. The Morgan fingerprint density at radius 2 is 2.14 bits per heavy atom. The molecular formula is C14H15Br2N3O2. The van der Waals surface area contributed by atoms with Crippen LogP contribution < -0.4 is 5.73 Å². The van der Waals surface area contributed by atoms with E-state index in [2.05, 4.69) is 37.0 Å². The van der Waals surface area contributed by atoms with Crippen molar-refractivity contribution in [3.05, 3.63) is 44.1 Å². The Hall–Kier alpha value is -1.34. The molecule has 21 heavy (non-hydrogen) atoms. The lowest BCUT2D eigenvalue weighted by molar-refractivity contribution is 0.0460. The van der Waals surface area contributed by atoms with E-state index in [0.717, 1.165) is 15.9 Å². The van der Waals surface area contributed by atoms with Crippen LogP contribution >= 0.6 is 31.9 Å². The standard InChI is InChI=1S/C14H15Br2N3O2/c1-3-19-12(13(16)8(2)18-19)7-21-14(20)10-6-9(17)4-5-11(10)15/h4-6H,3,7,17H2,1-2H3. The first kappa shape index (κ1) is 16.0. The van der Waals surface area contributed by atoms with Crippen LogP contribution in [0, 0.1) is 6.92 Å². The molecule has 0 radical (unpaired) electrons. The van der Waals surface area contributed by atoms with Gasteiger partial charge in [-0.3, -0.25) is 4.68 Å². The lowest BCUT2D eigenvalue weighted by Crippen LogP contribution is -2.10. The third-order valence-electron chi connectivity index (χ3n) is 3.00. The zero-order chi connectivity index (χ0) is 15.6. The van der Waals surface area contributed by atoms with Gasteiger partial charge in [0.15, 0.2) is 0 Å². The van der Waals surface area contributed by atoms with E-state index in [0.29, 0.717) is 22.3 Å². The molecule has 0 saturated heterocycles. The molecule has 0 aliphatic heterocycles. The zero-order valence-electron chi connectivity index (χ0n) is 11.7. The highest BCUT2D eigenvalue weighted by Crippen LogP contribution is 2.24. The Balaban J connectivity index is 2.16. The molecule has 112 valence electrons. The second-order valence-electron chi connectivity index (χ2n) is 4.48. The van der Waals surface area contributed by atoms with E-state index < -0.39 is 5.97 Å². The van der Waals surface area contributed by atoms with Gasteiger partial charge in [-0.05, 0) is 63.9 Å². The SMILES string of the molecule is CCn1nc(C)c(Br)c1COC(=O)c1cc(N)ccc1Br. The molecule has 0 unspecified atom stereocenters. The molecule has 1 aromatic carbocycles. The van der Waals surface area contributed by atoms with Crippen LogP contribution in [0.15, 0.2) is 27.1 Å². The third kappa shape index (κ3) is 3.47. The van der Waals surface area contributed by atoms with Crippen molar-refractivity contribution in [1.29, 1.82) is 0 Å². The molecule has 0 amide bonds. The average Bonchev–Trinajstić information content (AvgIpc) is 2.74. The summed E-state index contributed by atoms with van der Waals surface area (Å²) < 4.78 is 8.70. The van der Waals surface area contributed by atoms with Gasteiger partial charge in [0.2, 0.25) is 0 Å². The van der Waals surface area contributed by atoms with Crippen molar-refractivity contribution in [2.75, 3.05) is 5.73 Å². The molecule has 7 heteroatoms. The molecule has 2 rings (SSSR count). The van der Waals surface area contributed by atoms with E-state index in [-0.39, 0.29) is 6.61 Å². The number of aromatic nitrogens is 2. The molecule has 5 nitrogen and oxygen atoms in total. The van der Waals surface area contributed by atoms with E-state index >= 15 is 0 Å². The van der Waals surface area contributed by atoms with Crippen molar-refractivity contribution in [3.63, 3.8) is 0 Å². The van der Waals surface area contributed by atoms with Gasteiger partial charge in [-0.15, -0.1) is 0 Å². The van der Waals surface area contributed by atoms with Gasteiger partial charge in [0.25, 0.3) is 0 Å². The number of nitrogen functional groups attached to an aromatic ring is 1. The minimum atomic E-state index is -0.428. The molecule has 0 fully saturated rings. The van der Waals surface area contributed by atoms with Crippen molar-refractivity contribution in [2.24, 2.45) is 0 Å². The Morgan fingerprint density at radius 3 is 2.81 bits per heavy atom. The van der Waals surface area contributed by atoms with E-state index in [9.17, 15) is 4.79 Å². The molecule has 1 heterocycles. The maximum atomic E-state index is 12.2. The van der Waals surface area contributed by atoms with Crippen LogP contribution in [0.25, 0.3) is 0 Å². The predicted molar refractivity (Wildman–Crippen MR) is 88.0 cm³/mol. The van der Waals surface area contributed by atoms with Crippen LogP contribution in [-0.2, 0) is 17.9 Å². The number of rotatable bonds is 4. The number of ether oxygens (including phenoxy) is 1. The summed E-state index contributed by atoms with van der Waals surface area (Å²) in [7, 11) is 0. The van der Waals surface area contributed by atoms with E-state index in [1.54, 1.807) is 22.9 Å². The van der Waals surface area contributed by atoms with Crippen molar-refractivity contribution < 1.29 is 9.53 Å². The molecular weight excluding hydrogens is 402 g/mol. The second kappa shape index (κ2) is 6.62. The number of nitrogens with two attached hydrogens (primary N) is 1. The summed E-state index contributed by atoms with van der Waals surface area (Å²) in [5.74, 6) is -0.428. The van der Waals surface area contributed by atoms with Gasteiger partial charge in [-0.25, -0.2) is 4.79 Å². The maximum absolute atomic E-state index is 12.2. The van der Waals surface area contributed by atoms with Gasteiger partial charge in [0, 0.05) is 16.7 Å². The van der Waals surface area contributed by atoms with E-state index in [1.165, 1.54) is 0 Å². The maximum Gasteiger partial charge on any atom is 0.339 e. The highest BCUT2D eigenvalue weighted by atomic mass is 79.9. The van der Waals surface area contributed by atoms with Crippen LogP contribution in [-0.4, -0.2) is 15.7 Å². The lowest BCUT2D eigenvalue weighted by Gasteiger charge is -2.09. The highest BCUT2D eigenvalue weighted by Gasteiger charge is 2.16. The monoisotopic (exact) mass is 415 g/mol. The molecule has 0 aliphatic carbocycles. The van der Waals surface area contributed by atoms with Crippen molar-refractivity contribution in [1.82, 2.24) is 9.78 Å². The fourth-order valence-corrected chi connectivity index (χ4v) is 2.72. The Morgan fingerprint density at radius 1 is 1.43 bits per heavy atom. The lowest BCUT2D eigenvalue weighted by atomic mass is 10.2. The van der Waals surface area contributed by atoms with Crippen LogP contribution in [0.1, 0.15) is 28.7 Å².